The fraction of sp³-hybridized carbons (Fsp3) is 0.143. The Balaban J connectivity index is 1.94. The molecule has 2 N–H and O–H groups in total. The molecule has 0 heterocycles. The standard InChI is InChI=1S/C14H15BO2S/c16-15(17)14-9-5-4-8-13(14)11-18-10-12-6-2-1-3-7-12/h1-9,16-17H,10-11H2. The Hall–Kier alpha value is -1.23. The van der Waals surface area contributed by atoms with Gasteiger partial charge in [0.2, 0.25) is 0 Å². The third-order valence-corrected chi connectivity index (χ3v) is 3.75. The van der Waals surface area contributed by atoms with Gasteiger partial charge in [0.05, 0.1) is 0 Å². The molecule has 2 aromatic rings. The molecule has 0 fully saturated rings. The molecular formula is C14H15BO2S. The van der Waals surface area contributed by atoms with Crippen molar-refractivity contribution in [2.45, 2.75) is 11.5 Å². The first-order chi connectivity index (χ1) is 8.77. The van der Waals surface area contributed by atoms with Crippen LogP contribution >= 0.6 is 11.8 Å². The Morgan fingerprint density at radius 1 is 0.833 bits per heavy atom. The van der Waals surface area contributed by atoms with Gasteiger partial charge in [-0.1, -0.05) is 54.6 Å². The summed E-state index contributed by atoms with van der Waals surface area (Å²) in [4.78, 5) is 0. The maximum atomic E-state index is 9.27. The van der Waals surface area contributed by atoms with Crippen LogP contribution < -0.4 is 5.46 Å². The molecule has 0 aliphatic rings. The largest absolute Gasteiger partial charge is 0.488 e. The molecule has 0 spiro atoms. The van der Waals surface area contributed by atoms with E-state index in [4.69, 9.17) is 0 Å². The molecule has 4 heteroatoms. The van der Waals surface area contributed by atoms with Crippen LogP contribution in [-0.4, -0.2) is 17.2 Å². The molecule has 0 unspecified atom stereocenters. The second-order valence-corrected chi connectivity index (χ2v) is 5.04. The Kier molecular flexibility index (Phi) is 4.87. The van der Waals surface area contributed by atoms with E-state index in [2.05, 4.69) is 12.1 Å². The minimum absolute atomic E-state index is 0.595. The molecule has 0 bridgehead atoms. The van der Waals surface area contributed by atoms with Crippen LogP contribution in [0.4, 0.5) is 0 Å². The highest BCUT2D eigenvalue weighted by Gasteiger charge is 2.14. The van der Waals surface area contributed by atoms with Gasteiger partial charge in [-0.3, -0.25) is 0 Å². The van der Waals surface area contributed by atoms with Gasteiger partial charge in [-0.2, -0.15) is 11.8 Å². The molecule has 0 saturated heterocycles. The SMILES string of the molecule is OB(O)c1ccccc1CSCc1ccccc1. The fourth-order valence-electron chi connectivity index (χ4n) is 1.77. The molecule has 2 aromatic carbocycles. The van der Waals surface area contributed by atoms with Gasteiger partial charge in [-0.15, -0.1) is 0 Å². The summed E-state index contributed by atoms with van der Waals surface area (Å²) < 4.78 is 0. The third kappa shape index (κ3) is 3.63. The Labute approximate surface area is 112 Å². The summed E-state index contributed by atoms with van der Waals surface area (Å²) in [5.41, 5.74) is 2.86. The molecule has 2 rings (SSSR count). The zero-order chi connectivity index (χ0) is 12.8. The maximum absolute atomic E-state index is 9.27. The Morgan fingerprint density at radius 2 is 1.50 bits per heavy atom. The van der Waals surface area contributed by atoms with Crippen molar-refractivity contribution >= 4 is 24.3 Å². The highest BCUT2D eigenvalue weighted by molar-refractivity contribution is 7.97. The predicted octanol–water partition coefficient (Wildman–Crippen LogP) is 1.80. The zero-order valence-electron chi connectivity index (χ0n) is 9.99. The highest BCUT2D eigenvalue weighted by atomic mass is 32.2. The first kappa shape index (κ1) is 13.2. The minimum Gasteiger partial charge on any atom is -0.423 e. The van der Waals surface area contributed by atoms with Crippen molar-refractivity contribution in [2.75, 3.05) is 0 Å². The lowest BCUT2D eigenvalue weighted by molar-refractivity contribution is 0.425. The average Bonchev–Trinajstić information content (AvgIpc) is 2.40. The summed E-state index contributed by atoms with van der Waals surface area (Å²) in [6.45, 7) is 0. The average molecular weight is 258 g/mol. The van der Waals surface area contributed by atoms with E-state index in [0.717, 1.165) is 17.1 Å². The van der Waals surface area contributed by atoms with Crippen LogP contribution in [0, 0.1) is 0 Å². The fourth-order valence-corrected chi connectivity index (χ4v) is 2.78. The lowest BCUT2D eigenvalue weighted by Gasteiger charge is -2.08. The van der Waals surface area contributed by atoms with Gasteiger partial charge in [0.25, 0.3) is 0 Å². The molecular weight excluding hydrogens is 243 g/mol. The molecule has 92 valence electrons. The van der Waals surface area contributed by atoms with E-state index in [9.17, 15) is 10.0 Å². The molecule has 0 saturated carbocycles. The number of hydrogen-bond acceptors (Lipinski definition) is 3. The maximum Gasteiger partial charge on any atom is 0.488 e. The van der Waals surface area contributed by atoms with Crippen molar-refractivity contribution in [3.05, 3.63) is 65.7 Å². The van der Waals surface area contributed by atoms with E-state index in [1.54, 1.807) is 17.8 Å². The first-order valence-corrected chi connectivity index (χ1v) is 6.98. The van der Waals surface area contributed by atoms with Gasteiger partial charge in [0, 0.05) is 11.5 Å². The van der Waals surface area contributed by atoms with Crippen molar-refractivity contribution in [1.29, 1.82) is 0 Å². The summed E-state index contributed by atoms with van der Waals surface area (Å²) >= 11 is 1.77. The number of rotatable bonds is 5. The van der Waals surface area contributed by atoms with Crippen molar-refractivity contribution in [1.82, 2.24) is 0 Å². The van der Waals surface area contributed by atoms with Crippen LogP contribution in [0.5, 0.6) is 0 Å². The van der Waals surface area contributed by atoms with E-state index in [1.807, 2.05) is 36.4 Å². The first-order valence-electron chi connectivity index (χ1n) is 5.83. The molecule has 0 aromatic heterocycles. The summed E-state index contributed by atoms with van der Waals surface area (Å²) in [5, 5.41) is 18.5. The second kappa shape index (κ2) is 6.64. The molecule has 0 aliphatic carbocycles. The van der Waals surface area contributed by atoms with E-state index in [0.29, 0.717) is 5.46 Å². The van der Waals surface area contributed by atoms with E-state index in [1.165, 1.54) is 5.56 Å². The molecule has 2 nitrogen and oxygen atoms in total. The number of benzene rings is 2. The van der Waals surface area contributed by atoms with Gasteiger partial charge >= 0.3 is 7.12 Å². The van der Waals surface area contributed by atoms with E-state index in [-0.39, 0.29) is 0 Å². The highest BCUT2D eigenvalue weighted by Crippen LogP contribution is 2.16. The smallest absolute Gasteiger partial charge is 0.423 e. The van der Waals surface area contributed by atoms with Crippen LogP contribution in [0.15, 0.2) is 54.6 Å². The topological polar surface area (TPSA) is 40.5 Å². The van der Waals surface area contributed by atoms with Gasteiger partial charge in [0.1, 0.15) is 0 Å². The summed E-state index contributed by atoms with van der Waals surface area (Å²) in [6, 6.07) is 17.7. The van der Waals surface area contributed by atoms with E-state index < -0.39 is 7.12 Å². The van der Waals surface area contributed by atoms with Crippen molar-refractivity contribution in [3.8, 4) is 0 Å². The normalized spacial score (nSPS) is 10.3. The Bertz CT molecular complexity index is 488. The molecule has 18 heavy (non-hydrogen) atoms. The van der Waals surface area contributed by atoms with Crippen LogP contribution in [0.1, 0.15) is 11.1 Å². The number of hydrogen-bond donors (Lipinski definition) is 2. The Morgan fingerprint density at radius 3 is 2.22 bits per heavy atom. The summed E-state index contributed by atoms with van der Waals surface area (Å²) in [6.07, 6.45) is 0. The van der Waals surface area contributed by atoms with Gasteiger partial charge < -0.3 is 10.0 Å². The molecule has 0 atom stereocenters. The van der Waals surface area contributed by atoms with E-state index >= 15 is 0 Å². The van der Waals surface area contributed by atoms with Crippen LogP contribution in [0.25, 0.3) is 0 Å². The quantitative estimate of drug-likeness (QED) is 0.803. The van der Waals surface area contributed by atoms with Gasteiger partial charge in [-0.25, -0.2) is 0 Å². The predicted molar refractivity (Wildman–Crippen MR) is 77.7 cm³/mol. The summed E-state index contributed by atoms with van der Waals surface area (Å²) in [7, 11) is -1.39. The zero-order valence-corrected chi connectivity index (χ0v) is 10.8. The van der Waals surface area contributed by atoms with Crippen molar-refractivity contribution in [3.63, 3.8) is 0 Å². The van der Waals surface area contributed by atoms with Gasteiger partial charge in [0.15, 0.2) is 0 Å². The van der Waals surface area contributed by atoms with Crippen molar-refractivity contribution in [2.24, 2.45) is 0 Å². The van der Waals surface area contributed by atoms with Crippen LogP contribution in [0.2, 0.25) is 0 Å². The molecule has 0 amide bonds. The number of thioether (sulfide) groups is 1. The van der Waals surface area contributed by atoms with Crippen LogP contribution in [-0.2, 0) is 11.5 Å². The van der Waals surface area contributed by atoms with Gasteiger partial charge in [-0.05, 0) is 16.6 Å². The van der Waals surface area contributed by atoms with Crippen molar-refractivity contribution < 1.29 is 10.0 Å². The lowest BCUT2D eigenvalue weighted by atomic mass is 9.77. The third-order valence-electron chi connectivity index (χ3n) is 2.70. The lowest BCUT2D eigenvalue weighted by Crippen LogP contribution is -2.32. The summed E-state index contributed by atoms with van der Waals surface area (Å²) in [5.74, 6) is 1.71. The second-order valence-electron chi connectivity index (χ2n) is 4.05. The minimum atomic E-state index is -1.39. The monoisotopic (exact) mass is 258 g/mol. The molecule has 0 aliphatic heterocycles. The van der Waals surface area contributed by atoms with Crippen LogP contribution in [0.3, 0.4) is 0 Å². The molecule has 0 radical (unpaired) electrons.